The average molecular weight is 524 g/mol. The highest BCUT2D eigenvalue weighted by Crippen LogP contribution is 2.39. The van der Waals surface area contributed by atoms with Crippen molar-refractivity contribution in [3.8, 4) is 11.4 Å². The quantitative estimate of drug-likeness (QED) is 0.331. The maximum absolute atomic E-state index is 13.2. The minimum absolute atomic E-state index is 0.140. The van der Waals surface area contributed by atoms with Crippen molar-refractivity contribution in [2.75, 3.05) is 32.6 Å². The predicted octanol–water partition coefficient (Wildman–Crippen LogP) is 4.65. The van der Waals surface area contributed by atoms with Crippen LogP contribution in [0.1, 0.15) is 52.5 Å². The maximum atomic E-state index is 13.2. The van der Waals surface area contributed by atoms with Gasteiger partial charge in [-0.15, -0.1) is 0 Å². The molecule has 2 N–H and O–H groups in total. The van der Waals surface area contributed by atoms with E-state index in [4.69, 9.17) is 19.1 Å². The van der Waals surface area contributed by atoms with E-state index in [0.29, 0.717) is 35.2 Å². The molecule has 1 amide bonds. The summed E-state index contributed by atoms with van der Waals surface area (Å²) in [6.07, 6.45) is 6.18. The minimum Gasteiger partial charge on any atom is -0.463 e. The highest BCUT2D eigenvalue weighted by Gasteiger charge is 2.33. The molecule has 2 atom stereocenters. The number of hydrogen-bond donors (Lipinski definition) is 2. The maximum Gasteiger partial charge on any atom is 0.254 e. The molecule has 0 radical (unpaired) electrons. The molecule has 1 fully saturated rings. The van der Waals surface area contributed by atoms with Gasteiger partial charge >= 0.3 is 0 Å². The van der Waals surface area contributed by atoms with Crippen LogP contribution in [0.15, 0.2) is 53.4 Å². The Morgan fingerprint density at radius 2 is 2.05 bits per heavy atom. The van der Waals surface area contributed by atoms with E-state index in [9.17, 15) is 4.79 Å². The van der Waals surface area contributed by atoms with E-state index >= 15 is 0 Å². The van der Waals surface area contributed by atoms with Crippen molar-refractivity contribution in [3.63, 3.8) is 0 Å². The topological polar surface area (TPSA) is 110 Å². The fourth-order valence-corrected chi connectivity index (χ4v) is 5.81. The monoisotopic (exact) mass is 523 g/mol. The second-order valence-corrected chi connectivity index (χ2v) is 10.5. The largest absolute Gasteiger partial charge is 0.463 e. The van der Waals surface area contributed by atoms with E-state index in [2.05, 4.69) is 26.6 Å². The molecule has 2 aliphatic rings. The lowest BCUT2D eigenvalue weighted by Crippen LogP contribution is -2.17. The molecule has 0 saturated carbocycles. The third kappa shape index (κ3) is 3.95. The molecule has 1 saturated heterocycles. The third-order valence-corrected chi connectivity index (χ3v) is 7.56. The van der Waals surface area contributed by atoms with Gasteiger partial charge < -0.3 is 24.7 Å². The lowest BCUT2D eigenvalue weighted by molar-refractivity contribution is 0.0959. The lowest BCUT2D eigenvalue weighted by Gasteiger charge is -2.19. The van der Waals surface area contributed by atoms with E-state index < -0.39 is 0 Å². The number of carbonyl (C=O) groups is 1. The van der Waals surface area contributed by atoms with Gasteiger partial charge in [0.05, 0.1) is 65.2 Å². The second-order valence-electron chi connectivity index (χ2n) is 10.5. The van der Waals surface area contributed by atoms with Crippen molar-refractivity contribution in [2.45, 2.75) is 31.8 Å². The Morgan fingerprint density at radius 1 is 1.15 bits per heavy atom. The zero-order valence-corrected chi connectivity index (χ0v) is 22.1. The summed E-state index contributed by atoms with van der Waals surface area (Å²) in [6, 6.07) is 9.62. The summed E-state index contributed by atoms with van der Waals surface area (Å²) < 4.78 is 13.3. The number of amides is 1. The summed E-state index contributed by atoms with van der Waals surface area (Å²) in [7, 11) is 4.07. The Balaban J connectivity index is 1.32. The van der Waals surface area contributed by atoms with Gasteiger partial charge in [0.1, 0.15) is 11.5 Å². The van der Waals surface area contributed by atoms with Crippen LogP contribution in [0.25, 0.3) is 28.1 Å². The molecule has 5 aromatic heterocycles. The summed E-state index contributed by atoms with van der Waals surface area (Å²) in [5.74, 6) is 0.887. The molecular weight excluding hydrogens is 494 g/mol. The van der Waals surface area contributed by atoms with Gasteiger partial charge in [0.25, 0.3) is 5.91 Å². The average Bonchev–Trinajstić information content (AvgIpc) is 3.71. The van der Waals surface area contributed by atoms with Crippen LogP contribution in [0.5, 0.6) is 0 Å². The van der Waals surface area contributed by atoms with Gasteiger partial charge in [0, 0.05) is 30.7 Å². The number of carbonyl (C=O) groups excluding carboxylic acids is 1. The summed E-state index contributed by atoms with van der Waals surface area (Å²) >= 11 is 0. The van der Waals surface area contributed by atoms with E-state index in [-0.39, 0.29) is 11.9 Å². The summed E-state index contributed by atoms with van der Waals surface area (Å²) in [6.45, 7) is 4.19. The van der Waals surface area contributed by atoms with Crippen LogP contribution in [0.4, 0.5) is 11.5 Å². The van der Waals surface area contributed by atoms with Gasteiger partial charge in [-0.1, -0.05) is 6.07 Å². The first-order valence-electron chi connectivity index (χ1n) is 13.1. The van der Waals surface area contributed by atoms with Crippen LogP contribution in [-0.2, 0) is 11.3 Å². The number of rotatable bonds is 6. The molecule has 2 aliphatic heterocycles. The van der Waals surface area contributed by atoms with Crippen molar-refractivity contribution in [1.82, 2.24) is 29.6 Å². The lowest BCUT2D eigenvalue weighted by atomic mass is 9.96. The van der Waals surface area contributed by atoms with Crippen molar-refractivity contribution in [1.29, 1.82) is 0 Å². The molecule has 198 valence electrons. The Kier molecular flexibility index (Phi) is 5.60. The SMILES string of the molecule is C[C@H]1NC(=O)c2c(Nc3ccc(C4CCOC4)c(CN(C)C)n3)cnc(-c3cnc4ccc5occc5n34)c21. The summed E-state index contributed by atoms with van der Waals surface area (Å²) in [5, 5.41) is 6.47. The Morgan fingerprint density at radius 3 is 2.87 bits per heavy atom. The molecule has 39 heavy (non-hydrogen) atoms. The number of hydrogen-bond acceptors (Lipinski definition) is 8. The third-order valence-electron chi connectivity index (χ3n) is 7.56. The van der Waals surface area contributed by atoms with Crippen LogP contribution >= 0.6 is 0 Å². The van der Waals surface area contributed by atoms with Crippen LogP contribution in [-0.4, -0.2) is 57.5 Å². The normalized spacial score (nSPS) is 18.8. The van der Waals surface area contributed by atoms with E-state index in [1.54, 1.807) is 18.7 Å². The first kappa shape index (κ1) is 23.8. The minimum atomic E-state index is -0.215. The van der Waals surface area contributed by atoms with E-state index in [1.165, 1.54) is 5.56 Å². The number of nitrogens with zero attached hydrogens (tertiary/aromatic N) is 5. The number of fused-ring (bicyclic) bond motifs is 4. The number of furan rings is 1. The van der Waals surface area contributed by atoms with E-state index in [1.807, 2.05) is 49.7 Å². The Labute approximate surface area is 225 Å². The molecule has 0 aromatic carbocycles. The van der Waals surface area contributed by atoms with Gasteiger partial charge in [-0.3, -0.25) is 14.2 Å². The van der Waals surface area contributed by atoms with Crippen LogP contribution < -0.4 is 10.6 Å². The number of aromatic nitrogens is 4. The molecule has 10 nitrogen and oxygen atoms in total. The van der Waals surface area contributed by atoms with Gasteiger partial charge in [-0.2, -0.15) is 0 Å². The van der Waals surface area contributed by atoms with Gasteiger partial charge in [-0.25, -0.2) is 9.97 Å². The fourth-order valence-electron chi connectivity index (χ4n) is 5.81. The molecule has 5 aromatic rings. The molecule has 7 heterocycles. The van der Waals surface area contributed by atoms with Gasteiger partial charge in [-0.05, 0) is 51.2 Å². The molecule has 1 unspecified atom stereocenters. The smallest absolute Gasteiger partial charge is 0.254 e. The highest BCUT2D eigenvalue weighted by molar-refractivity contribution is 6.06. The van der Waals surface area contributed by atoms with Crippen molar-refractivity contribution >= 4 is 34.2 Å². The van der Waals surface area contributed by atoms with Gasteiger partial charge in [0.2, 0.25) is 0 Å². The molecule has 7 rings (SSSR count). The number of imidazole rings is 1. The molecular formula is C29H29N7O3. The predicted molar refractivity (Wildman–Crippen MR) is 147 cm³/mol. The fraction of sp³-hybridized carbons (Fsp3) is 0.310. The van der Waals surface area contributed by atoms with Crippen molar-refractivity contribution < 1.29 is 13.9 Å². The first-order valence-corrected chi connectivity index (χ1v) is 13.1. The molecule has 0 bridgehead atoms. The first-order chi connectivity index (χ1) is 19.0. The van der Waals surface area contributed by atoms with Crippen LogP contribution in [0, 0.1) is 0 Å². The molecule has 0 aliphatic carbocycles. The van der Waals surface area contributed by atoms with Crippen molar-refractivity contribution in [2.24, 2.45) is 0 Å². The highest BCUT2D eigenvalue weighted by atomic mass is 16.5. The number of nitrogens with one attached hydrogen (secondary N) is 2. The van der Waals surface area contributed by atoms with E-state index in [0.717, 1.165) is 53.3 Å². The number of ether oxygens (including phenoxy) is 1. The zero-order chi connectivity index (χ0) is 26.7. The molecule has 10 heteroatoms. The zero-order valence-electron chi connectivity index (χ0n) is 22.1. The number of anilines is 2. The molecule has 0 spiro atoms. The summed E-state index contributed by atoms with van der Waals surface area (Å²) in [4.78, 5) is 29.8. The van der Waals surface area contributed by atoms with Crippen LogP contribution in [0.3, 0.4) is 0 Å². The summed E-state index contributed by atoms with van der Waals surface area (Å²) in [5.41, 5.74) is 8.21. The van der Waals surface area contributed by atoms with Crippen LogP contribution in [0.2, 0.25) is 0 Å². The van der Waals surface area contributed by atoms with Gasteiger partial charge in [0.15, 0.2) is 5.58 Å². The Hall–Kier alpha value is -4.28. The Bertz CT molecular complexity index is 1730. The second kappa shape index (κ2) is 9.18. The standard InChI is InChI=1S/C29H29N7O3/c1-16-26-27(29(37)32-16)19(33-24-6-4-18(17-8-10-38-15-17)20(34-24)14-35(2)3)12-31-28(26)22-13-30-25-7-5-23-21(36(22)25)9-11-39-23/h4-7,9,11-13,16-17H,8,10,14-15H2,1-3H3,(H,32,37)(H,33,34)/t16-,17?/m1/s1. The van der Waals surface area contributed by atoms with Crippen molar-refractivity contribution in [3.05, 3.63) is 71.4 Å². The number of pyridine rings is 3.